The summed E-state index contributed by atoms with van der Waals surface area (Å²) in [5.41, 5.74) is 0. The van der Waals surface area contributed by atoms with Crippen LogP contribution >= 0.6 is 0 Å². The van der Waals surface area contributed by atoms with Gasteiger partial charge in [-0.2, -0.15) is 0 Å². The van der Waals surface area contributed by atoms with Crippen LogP contribution in [0.3, 0.4) is 0 Å². The van der Waals surface area contributed by atoms with Crippen molar-refractivity contribution in [3.8, 4) is 0 Å². The molecule has 0 spiro atoms. The van der Waals surface area contributed by atoms with Gasteiger partial charge in [-0.1, -0.05) is 202 Å². The number of hydrogen-bond acceptors (Lipinski definition) is 13. The number of unbranched alkanes of at least 4 members (excludes halogenated alkanes) is 24. The number of aliphatic hydroxyl groups is 8. The summed E-state index contributed by atoms with van der Waals surface area (Å²) in [6, 6.07) is -0.949. The van der Waals surface area contributed by atoms with E-state index in [0.29, 0.717) is 12.8 Å². The maximum Gasteiger partial charge on any atom is 0.220 e. The Bertz CT molecular complexity index is 1550. The van der Waals surface area contributed by atoms with Crippen molar-refractivity contribution in [3.63, 3.8) is 0 Å². The van der Waals surface area contributed by atoms with Crippen LogP contribution in [-0.4, -0.2) is 140 Å². The normalized spacial score (nSPS) is 25.4. The summed E-state index contributed by atoms with van der Waals surface area (Å²) < 4.78 is 22.7. The second kappa shape index (κ2) is 47.3. The lowest BCUT2D eigenvalue weighted by atomic mass is 9.97. The van der Waals surface area contributed by atoms with Gasteiger partial charge in [-0.15, -0.1) is 0 Å². The topological polar surface area (TPSA) is 228 Å². The molecule has 14 heteroatoms. The Hall–Kier alpha value is -2.57. The molecule has 1 amide bonds. The van der Waals surface area contributed by atoms with Crippen molar-refractivity contribution < 1.29 is 64.6 Å². The van der Waals surface area contributed by atoms with Crippen molar-refractivity contribution in [1.82, 2.24) is 5.32 Å². The lowest BCUT2D eigenvalue weighted by Crippen LogP contribution is -2.65. The van der Waals surface area contributed by atoms with Crippen molar-refractivity contribution in [1.29, 1.82) is 0 Å². The third-order valence-corrected chi connectivity index (χ3v) is 14.3. The number of hydrogen-bond donors (Lipinski definition) is 9. The molecule has 2 heterocycles. The van der Waals surface area contributed by atoms with Crippen LogP contribution in [0.15, 0.2) is 72.9 Å². The predicted octanol–water partition coefficient (Wildman–Crippen LogP) is 10.3. The van der Waals surface area contributed by atoms with E-state index in [1.54, 1.807) is 6.08 Å². The molecule has 0 aromatic heterocycles. The molecule has 0 aromatic rings. The molecule has 14 nitrogen and oxygen atoms in total. The van der Waals surface area contributed by atoms with Crippen molar-refractivity contribution in [2.24, 2.45) is 0 Å². The van der Waals surface area contributed by atoms with Gasteiger partial charge in [0, 0.05) is 6.42 Å². The second-order valence-electron chi connectivity index (χ2n) is 21.1. The number of carbonyl (C=O) groups is 1. The zero-order valence-corrected chi connectivity index (χ0v) is 47.2. The first-order valence-electron chi connectivity index (χ1n) is 30.2. The van der Waals surface area contributed by atoms with Crippen molar-refractivity contribution in [2.75, 3.05) is 19.8 Å². The Morgan fingerprint density at radius 3 is 1.38 bits per heavy atom. The van der Waals surface area contributed by atoms with Crippen LogP contribution in [0.5, 0.6) is 0 Å². The van der Waals surface area contributed by atoms with E-state index < -0.39 is 86.8 Å². The van der Waals surface area contributed by atoms with Gasteiger partial charge in [-0.25, -0.2) is 0 Å². The summed E-state index contributed by atoms with van der Waals surface area (Å²) >= 11 is 0. The van der Waals surface area contributed by atoms with E-state index in [2.05, 4.69) is 79.9 Å². The predicted molar refractivity (Wildman–Crippen MR) is 304 cm³/mol. The molecule has 2 rings (SSSR count). The van der Waals surface area contributed by atoms with E-state index in [0.717, 1.165) is 77.0 Å². The summed E-state index contributed by atoms with van der Waals surface area (Å²) in [6.07, 6.45) is 45.1. The molecular weight excluding hydrogens is 967 g/mol. The largest absolute Gasteiger partial charge is 0.394 e. The minimum Gasteiger partial charge on any atom is -0.394 e. The van der Waals surface area contributed by atoms with E-state index in [-0.39, 0.29) is 18.9 Å². The molecule has 2 aliphatic heterocycles. The summed E-state index contributed by atoms with van der Waals surface area (Å²) in [6.45, 7) is 2.75. The molecule has 2 fully saturated rings. The first-order chi connectivity index (χ1) is 37.1. The number of ether oxygens (including phenoxy) is 4. The van der Waals surface area contributed by atoms with Crippen molar-refractivity contribution >= 4 is 5.91 Å². The lowest BCUT2D eigenvalue weighted by molar-refractivity contribution is -0.359. The lowest BCUT2D eigenvalue weighted by Gasteiger charge is -2.46. The molecule has 2 aliphatic rings. The van der Waals surface area contributed by atoms with Gasteiger partial charge < -0.3 is 65.1 Å². The first-order valence-corrected chi connectivity index (χ1v) is 30.2. The molecule has 12 unspecified atom stereocenters. The molecule has 0 radical (unpaired) electrons. The Morgan fingerprint density at radius 2 is 0.882 bits per heavy atom. The highest BCUT2D eigenvalue weighted by atomic mass is 16.7. The number of carbonyl (C=O) groups excluding carboxylic acids is 1. The van der Waals surface area contributed by atoms with Crippen LogP contribution in [0, 0.1) is 0 Å². The fourth-order valence-electron chi connectivity index (χ4n) is 9.45. The standard InChI is InChI=1S/C62H109NO13/c1-3-5-7-9-11-13-15-17-19-21-23-25-27-29-31-33-35-37-39-41-43-45-51(66)50(49-73-61-59(72)57(70)60(53(48-65)75-61)76-62-58(71)56(69)55(68)52(47-64)74-62)63-54(67)46-44-42-40-38-36-34-32-30-28-26-24-22-20-18-16-14-12-10-8-6-4-2/h16,18,22,24,27-30,35,37,43,45,50-53,55-62,64-66,68-72H,3-15,17,19-21,23,25-26,31-34,36,38-42,44,46-49H2,1-2H3,(H,63,67)/b18-16-,24-22-,29-27+,30-28-,37-35+,45-43+. The van der Waals surface area contributed by atoms with E-state index >= 15 is 0 Å². The molecule has 12 atom stereocenters. The fourth-order valence-corrected chi connectivity index (χ4v) is 9.45. The monoisotopic (exact) mass is 1080 g/mol. The van der Waals surface area contributed by atoms with Gasteiger partial charge in [0.2, 0.25) is 5.91 Å². The summed E-state index contributed by atoms with van der Waals surface area (Å²) in [5.74, 6) is -0.267. The van der Waals surface area contributed by atoms with E-state index in [1.807, 2.05) is 6.08 Å². The maximum absolute atomic E-state index is 13.3. The molecule has 440 valence electrons. The zero-order chi connectivity index (χ0) is 55.3. The Labute approximate surface area is 459 Å². The van der Waals surface area contributed by atoms with E-state index in [9.17, 15) is 45.6 Å². The van der Waals surface area contributed by atoms with Gasteiger partial charge in [0.25, 0.3) is 0 Å². The third kappa shape index (κ3) is 32.5. The maximum atomic E-state index is 13.3. The van der Waals surface area contributed by atoms with Gasteiger partial charge in [0.15, 0.2) is 12.6 Å². The van der Waals surface area contributed by atoms with Gasteiger partial charge >= 0.3 is 0 Å². The first kappa shape index (κ1) is 69.5. The van der Waals surface area contributed by atoms with E-state index in [4.69, 9.17) is 18.9 Å². The number of allylic oxidation sites excluding steroid dienone is 11. The van der Waals surface area contributed by atoms with Gasteiger partial charge in [0.05, 0.1) is 32.0 Å². The minimum absolute atomic E-state index is 0.252. The van der Waals surface area contributed by atoms with Crippen LogP contribution in [0.25, 0.3) is 0 Å². The Morgan fingerprint density at radius 1 is 0.474 bits per heavy atom. The van der Waals surface area contributed by atoms with Crippen LogP contribution in [-0.2, 0) is 23.7 Å². The highest BCUT2D eigenvalue weighted by molar-refractivity contribution is 5.76. The molecule has 0 aromatic carbocycles. The Kier molecular flexibility index (Phi) is 43.2. The van der Waals surface area contributed by atoms with Gasteiger partial charge in [0.1, 0.15) is 48.8 Å². The SMILES string of the molecule is CCCCCCC/C=C\C/C=C\C/C=C\CCCCCCCCC(=O)NC(COC1OC(CO)C(OC2OC(CO)C(O)C(O)C2O)C(O)C1O)C(O)/C=C/CC/C=C/CC/C=C/CCCCCCCCCCCCC. The average Bonchev–Trinajstić information content (AvgIpc) is 3.42. The number of amides is 1. The third-order valence-electron chi connectivity index (χ3n) is 14.3. The summed E-state index contributed by atoms with van der Waals surface area (Å²) in [7, 11) is 0. The Balaban J connectivity index is 1.81. The number of rotatable bonds is 47. The van der Waals surface area contributed by atoms with Crippen LogP contribution in [0.2, 0.25) is 0 Å². The molecular formula is C62H109NO13. The average molecular weight is 1080 g/mol. The summed E-state index contributed by atoms with van der Waals surface area (Å²) in [4.78, 5) is 13.3. The van der Waals surface area contributed by atoms with Gasteiger partial charge in [-0.05, 0) is 83.5 Å². The zero-order valence-electron chi connectivity index (χ0n) is 47.2. The molecule has 0 bridgehead atoms. The molecule has 9 N–H and O–H groups in total. The summed E-state index contributed by atoms with van der Waals surface area (Å²) in [5, 5.41) is 87.1. The molecule has 2 saturated heterocycles. The van der Waals surface area contributed by atoms with Crippen molar-refractivity contribution in [3.05, 3.63) is 72.9 Å². The quantitative estimate of drug-likeness (QED) is 0.0204. The highest BCUT2D eigenvalue weighted by Crippen LogP contribution is 2.30. The van der Waals surface area contributed by atoms with Gasteiger partial charge in [-0.3, -0.25) is 4.79 Å². The van der Waals surface area contributed by atoms with Crippen LogP contribution in [0.4, 0.5) is 0 Å². The minimum atomic E-state index is -1.80. The smallest absolute Gasteiger partial charge is 0.220 e. The van der Waals surface area contributed by atoms with Crippen molar-refractivity contribution in [2.45, 2.75) is 293 Å². The number of aliphatic hydroxyl groups excluding tert-OH is 8. The number of nitrogens with one attached hydrogen (secondary N) is 1. The second-order valence-corrected chi connectivity index (χ2v) is 21.1. The van der Waals surface area contributed by atoms with Crippen LogP contribution in [0.1, 0.15) is 219 Å². The molecule has 0 aliphatic carbocycles. The fraction of sp³-hybridized carbons (Fsp3) is 0.790. The van der Waals surface area contributed by atoms with Crippen LogP contribution < -0.4 is 5.32 Å². The highest BCUT2D eigenvalue weighted by Gasteiger charge is 2.51. The molecule has 0 saturated carbocycles. The van der Waals surface area contributed by atoms with E-state index in [1.165, 1.54) is 109 Å². The molecule has 76 heavy (non-hydrogen) atoms.